The second kappa shape index (κ2) is 62.9. The maximum atomic E-state index is 10.1. The number of hydrogen-bond acceptors (Lipinski definition) is 0. The van der Waals surface area contributed by atoms with Crippen molar-refractivity contribution in [3.05, 3.63) is 25.3 Å². The molecule has 0 aromatic rings. The molecule has 0 bridgehead atoms. The molecule has 0 aromatic heterocycles. The maximum Gasteiger partial charge on any atom is 0.263 e. The first-order valence-corrected chi connectivity index (χ1v) is 1.72. The minimum atomic E-state index is -1.83. The van der Waals surface area contributed by atoms with Crippen LogP contribution in [0.5, 0.6) is 0 Å². The number of rotatable bonds is 0. The monoisotopic (exact) mass is 182 g/mol. The Morgan fingerprint density at radius 1 is 1.09 bits per heavy atom. The Morgan fingerprint density at radius 2 is 1.09 bits per heavy atom. The van der Waals surface area contributed by atoms with E-state index in [0.29, 0.717) is 0 Å². The molecule has 0 aliphatic carbocycles. The molecule has 0 heterocycles. The Hall–Kier alpha value is -0.940. The number of hydrogen-bond donors (Lipinski definition) is 0. The summed E-state index contributed by atoms with van der Waals surface area (Å²) in [5, 5.41) is 0. The molecule has 6 heteroatoms. The summed E-state index contributed by atoms with van der Waals surface area (Å²) in [4.78, 5) is 0. The van der Waals surface area contributed by atoms with Crippen LogP contribution in [0.2, 0.25) is 0 Å². The van der Waals surface area contributed by atoms with Crippen molar-refractivity contribution in [1.29, 1.82) is 0 Å². The number of allylic oxidation sites excluding steroid dienone is 1. The quantitative estimate of drug-likeness (QED) is 0.258. The van der Waals surface area contributed by atoms with Crippen molar-refractivity contribution in [1.82, 2.24) is 0 Å². The predicted octanol–water partition coefficient (Wildman–Crippen LogP) is -9.40. The van der Waals surface area contributed by atoms with E-state index >= 15 is 0 Å². The molecule has 0 aliphatic heterocycles. The minimum Gasteiger partial charge on any atom is -1.00 e. The van der Waals surface area contributed by atoms with E-state index in [1.807, 2.05) is 6.92 Å². The third-order valence-electron chi connectivity index (χ3n) is 0. The molecule has 0 aromatic carbocycles. The highest BCUT2D eigenvalue weighted by Gasteiger charge is 1.65. The van der Waals surface area contributed by atoms with Gasteiger partial charge in [-0.3, -0.25) is 0 Å². The molecule has 0 saturated heterocycles. The van der Waals surface area contributed by atoms with E-state index < -0.39 is 6.08 Å². The Kier molecular flexibility index (Phi) is 286. The lowest BCUT2D eigenvalue weighted by molar-refractivity contribution is -0.00100. The number of halogens is 6. The molecule has 0 saturated carbocycles. The lowest BCUT2D eigenvalue weighted by atomic mass is 10.8. The van der Waals surface area contributed by atoms with Crippen LogP contribution in [0, 0.1) is 0 Å². The molecule has 0 rings (SSSR count). The largest absolute Gasteiger partial charge is 1.00 e. The summed E-state index contributed by atoms with van der Waals surface area (Å²) < 4.78 is 20.3. The summed E-state index contributed by atoms with van der Waals surface area (Å²) in [6.07, 6.45) is -0.0833. The van der Waals surface area contributed by atoms with E-state index in [1.54, 1.807) is 6.08 Å². The van der Waals surface area contributed by atoms with Crippen molar-refractivity contribution in [2.24, 2.45) is 0 Å². The SMILES string of the molecule is C=C(F)F.C=CC.[F-].[F-].[F-].[F-]. The van der Waals surface area contributed by atoms with Gasteiger partial charge >= 0.3 is 0 Å². The Labute approximate surface area is 61.1 Å². The van der Waals surface area contributed by atoms with Gasteiger partial charge in [-0.2, -0.15) is 8.78 Å². The fourth-order valence-electron chi connectivity index (χ4n) is 0. The van der Waals surface area contributed by atoms with Gasteiger partial charge in [-0.25, -0.2) is 0 Å². The predicted molar refractivity (Wildman–Crippen MR) is 27.2 cm³/mol. The topological polar surface area (TPSA) is 0 Å². The van der Waals surface area contributed by atoms with E-state index in [4.69, 9.17) is 0 Å². The van der Waals surface area contributed by atoms with Crippen LogP contribution in [-0.4, -0.2) is 0 Å². The highest BCUT2D eigenvalue weighted by molar-refractivity contribution is 4.57. The van der Waals surface area contributed by atoms with Crippen molar-refractivity contribution in [2.45, 2.75) is 6.92 Å². The van der Waals surface area contributed by atoms with Gasteiger partial charge in [0.05, 0.1) is 0 Å². The van der Waals surface area contributed by atoms with Crippen molar-refractivity contribution in [3.8, 4) is 0 Å². The zero-order valence-electron chi connectivity index (χ0n) is 5.76. The molecule has 0 amide bonds. The summed E-state index contributed by atoms with van der Waals surface area (Å²) in [7, 11) is 0. The molecular formula is C5H8F6-4. The van der Waals surface area contributed by atoms with Crippen molar-refractivity contribution in [2.75, 3.05) is 0 Å². The van der Waals surface area contributed by atoms with Crippen LogP contribution >= 0.6 is 0 Å². The molecule has 0 nitrogen and oxygen atoms in total. The lowest BCUT2D eigenvalue weighted by Crippen LogP contribution is -3.00. The van der Waals surface area contributed by atoms with Gasteiger partial charge in [-0.1, -0.05) is 6.08 Å². The summed E-state index contributed by atoms with van der Waals surface area (Å²) in [5.74, 6) is 0. The first-order chi connectivity index (χ1) is 3.15. The molecule has 11 heavy (non-hydrogen) atoms. The normalized spacial score (nSPS) is 3.55. The first kappa shape index (κ1) is 50.1. The molecular weight excluding hydrogens is 174 g/mol. The smallest absolute Gasteiger partial charge is 0.263 e. The fourth-order valence-corrected chi connectivity index (χ4v) is 0. The Morgan fingerprint density at radius 3 is 1.09 bits per heavy atom. The van der Waals surface area contributed by atoms with Gasteiger partial charge < -0.3 is 18.8 Å². The minimum absolute atomic E-state index is 0. The second-order valence-electron chi connectivity index (χ2n) is 0.747. The van der Waals surface area contributed by atoms with Crippen molar-refractivity contribution >= 4 is 0 Å². The van der Waals surface area contributed by atoms with Crippen LogP contribution in [-0.2, 0) is 0 Å². The van der Waals surface area contributed by atoms with Gasteiger partial charge in [-0.15, -0.1) is 6.58 Å². The molecule has 0 aliphatic rings. The zero-order valence-corrected chi connectivity index (χ0v) is 5.76. The Bertz CT molecular complexity index is 58.0. The molecule has 0 atom stereocenters. The van der Waals surface area contributed by atoms with Gasteiger partial charge in [-0.05, 0) is 13.5 Å². The molecule has 0 fully saturated rings. The van der Waals surface area contributed by atoms with Crippen LogP contribution in [0.25, 0.3) is 0 Å². The third-order valence-corrected chi connectivity index (χ3v) is 0. The summed E-state index contributed by atoms with van der Waals surface area (Å²) in [6.45, 7) is 7.47. The van der Waals surface area contributed by atoms with Gasteiger partial charge in [0.15, 0.2) is 0 Å². The van der Waals surface area contributed by atoms with Crippen molar-refractivity contribution < 1.29 is 27.6 Å². The van der Waals surface area contributed by atoms with Gasteiger partial charge in [0.2, 0.25) is 0 Å². The summed E-state index contributed by atoms with van der Waals surface area (Å²) >= 11 is 0. The van der Waals surface area contributed by atoms with Crippen LogP contribution in [0.1, 0.15) is 6.92 Å². The fraction of sp³-hybridized carbons (Fsp3) is 0.200. The van der Waals surface area contributed by atoms with Gasteiger partial charge in [0, 0.05) is 0 Å². The average molecular weight is 182 g/mol. The van der Waals surface area contributed by atoms with Crippen LogP contribution in [0.15, 0.2) is 25.3 Å². The molecule has 0 radical (unpaired) electrons. The first-order valence-electron chi connectivity index (χ1n) is 1.72. The van der Waals surface area contributed by atoms with Gasteiger partial charge in [0.1, 0.15) is 0 Å². The van der Waals surface area contributed by atoms with Crippen LogP contribution in [0.3, 0.4) is 0 Å². The van der Waals surface area contributed by atoms with Crippen molar-refractivity contribution in [3.63, 3.8) is 0 Å². The van der Waals surface area contributed by atoms with E-state index in [9.17, 15) is 8.78 Å². The molecule has 74 valence electrons. The molecule has 0 unspecified atom stereocenters. The second-order valence-corrected chi connectivity index (χ2v) is 0.747. The Balaban J connectivity index is -0.00000000848. The third kappa shape index (κ3) is 511. The highest BCUT2D eigenvalue weighted by Crippen LogP contribution is 1.85. The highest BCUT2D eigenvalue weighted by atomic mass is 19.3. The van der Waals surface area contributed by atoms with Crippen LogP contribution < -0.4 is 18.8 Å². The van der Waals surface area contributed by atoms with Gasteiger partial charge in [0.25, 0.3) is 6.08 Å². The average Bonchev–Trinajstić information content (AvgIpc) is 1.33. The zero-order chi connectivity index (χ0) is 6.28. The molecule has 0 N–H and O–H groups in total. The van der Waals surface area contributed by atoms with E-state index in [-0.39, 0.29) is 18.8 Å². The lowest BCUT2D eigenvalue weighted by Gasteiger charge is -1.54. The summed E-state index contributed by atoms with van der Waals surface area (Å²) in [6, 6.07) is 0. The van der Waals surface area contributed by atoms with E-state index in [2.05, 4.69) is 13.2 Å². The van der Waals surface area contributed by atoms with E-state index in [1.165, 1.54) is 0 Å². The van der Waals surface area contributed by atoms with E-state index in [0.717, 1.165) is 0 Å². The standard InChI is InChI=1S/C3H6.C2H2F2.4FH/c1-3-2;1-2(3)4;;;;/h3H,1H2,2H3;1H2;4*1H/p-4. The molecule has 0 spiro atoms. The maximum absolute atomic E-state index is 10.1. The summed E-state index contributed by atoms with van der Waals surface area (Å²) in [5.41, 5.74) is 0. The van der Waals surface area contributed by atoms with Crippen LogP contribution in [0.4, 0.5) is 8.78 Å².